The number of carbonyl (C=O) groups excluding carboxylic acids is 1. The van der Waals surface area contributed by atoms with Gasteiger partial charge >= 0.3 is 0 Å². The Labute approximate surface area is 118 Å². The minimum absolute atomic E-state index is 0.0176. The quantitative estimate of drug-likeness (QED) is 0.895. The number of halogens is 1. The summed E-state index contributed by atoms with van der Waals surface area (Å²) in [6.07, 6.45) is 0.379. The van der Waals surface area contributed by atoms with Gasteiger partial charge in [-0.25, -0.2) is 0 Å². The molecule has 0 spiro atoms. The van der Waals surface area contributed by atoms with E-state index in [1.54, 1.807) is 6.07 Å². The summed E-state index contributed by atoms with van der Waals surface area (Å²) >= 11 is 5.89. The molecule has 0 aliphatic rings. The SMILES string of the molecule is Cc1cccc(CC(=O)Nc2ccc(Cl)cc2C)c1. The molecule has 0 radical (unpaired) electrons. The molecule has 2 rings (SSSR count). The molecule has 0 aliphatic heterocycles. The maximum atomic E-state index is 12.0. The molecule has 1 N–H and O–H groups in total. The van der Waals surface area contributed by atoms with Gasteiger partial charge in [0.2, 0.25) is 5.91 Å². The summed E-state index contributed by atoms with van der Waals surface area (Å²) < 4.78 is 0. The van der Waals surface area contributed by atoms with Crippen LogP contribution in [0.1, 0.15) is 16.7 Å². The highest BCUT2D eigenvalue weighted by molar-refractivity contribution is 6.30. The van der Waals surface area contributed by atoms with Crippen LogP contribution in [0.5, 0.6) is 0 Å². The van der Waals surface area contributed by atoms with E-state index in [4.69, 9.17) is 11.6 Å². The Bertz CT molecular complexity index is 607. The second kappa shape index (κ2) is 5.89. The number of amides is 1. The molecule has 0 fully saturated rings. The van der Waals surface area contributed by atoms with Crippen molar-refractivity contribution in [2.45, 2.75) is 20.3 Å². The molecule has 0 saturated carbocycles. The lowest BCUT2D eigenvalue weighted by Crippen LogP contribution is -2.15. The van der Waals surface area contributed by atoms with Gasteiger partial charge in [-0.3, -0.25) is 4.79 Å². The Morgan fingerprint density at radius 2 is 1.95 bits per heavy atom. The standard InChI is InChI=1S/C16H16ClNO/c1-11-4-3-5-13(8-11)10-16(19)18-15-7-6-14(17)9-12(15)2/h3-9H,10H2,1-2H3,(H,18,19). The lowest BCUT2D eigenvalue weighted by Gasteiger charge is -2.09. The Hall–Kier alpha value is -1.80. The smallest absolute Gasteiger partial charge is 0.228 e. The van der Waals surface area contributed by atoms with Crippen molar-refractivity contribution in [3.8, 4) is 0 Å². The van der Waals surface area contributed by atoms with Crippen molar-refractivity contribution in [2.75, 3.05) is 5.32 Å². The minimum Gasteiger partial charge on any atom is -0.326 e. The van der Waals surface area contributed by atoms with Crippen LogP contribution in [0.2, 0.25) is 5.02 Å². The molecular formula is C16H16ClNO. The molecule has 0 aromatic heterocycles. The van der Waals surface area contributed by atoms with E-state index < -0.39 is 0 Å². The molecule has 19 heavy (non-hydrogen) atoms. The van der Waals surface area contributed by atoms with Gasteiger partial charge in [0, 0.05) is 10.7 Å². The first-order chi connectivity index (χ1) is 9.04. The van der Waals surface area contributed by atoms with Crippen LogP contribution in [0.3, 0.4) is 0 Å². The topological polar surface area (TPSA) is 29.1 Å². The van der Waals surface area contributed by atoms with E-state index in [0.717, 1.165) is 22.4 Å². The fraction of sp³-hybridized carbons (Fsp3) is 0.188. The predicted molar refractivity (Wildman–Crippen MR) is 79.7 cm³/mol. The van der Waals surface area contributed by atoms with Crippen LogP contribution in [0.15, 0.2) is 42.5 Å². The molecule has 1 amide bonds. The van der Waals surface area contributed by atoms with E-state index in [9.17, 15) is 4.79 Å². The van der Waals surface area contributed by atoms with Crippen LogP contribution >= 0.6 is 11.6 Å². The molecule has 2 aromatic carbocycles. The third-order valence-electron chi connectivity index (χ3n) is 2.91. The van der Waals surface area contributed by atoms with Gasteiger partial charge in [0.25, 0.3) is 0 Å². The van der Waals surface area contributed by atoms with Crippen molar-refractivity contribution in [3.05, 3.63) is 64.2 Å². The molecule has 0 unspecified atom stereocenters. The third-order valence-corrected chi connectivity index (χ3v) is 3.14. The van der Waals surface area contributed by atoms with Crippen LogP contribution < -0.4 is 5.32 Å². The van der Waals surface area contributed by atoms with Crippen molar-refractivity contribution in [1.29, 1.82) is 0 Å². The first kappa shape index (κ1) is 13.6. The van der Waals surface area contributed by atoms with Crippen molar-refractivity contribution in [3.63, 3.8) is 0 Å². The van der Waals surface area contributed by atoms with Gasteiger partial charge in [-0.1, -0.05) is 41.4 Å². The molecule has 2 nitrogen and oxygen atoms in total. The number of rotatable bonds is 3. The summed E-state index contributed by atoms with van der Waals surface area (Å²) in [7, 11) is 0. The van der Waals surface area contributed by atoms with Crippen LogP contribution in [-0.2, 0) is 11.2 Å². The van der Waals surface area contributed by atoms with Gasteiger partial charge in [0.1, 0.15) is 0 Å². The molecule has 98 valence electrons. The van der Waals surface area contributed by atoms with E-state index in [1.807, 2.05) is 50.2 Å². The van der Waals surface area contributed by atoms with Gasteiger partial charge < -0.3 is 5.32 Å². The summed E-state index contributed by atoms with van der Waals surface area (Å²) in [5.41, 5.74) is 3.95. The van der Waals surface area contributed by atoms with E-state index in [0.29, 0.717) is 11.4 Å². The highest BCUT2D eigenvalue weighted by atomic mass is 35.5. The lowest BCUT2D eigenvalue weighted by atomic mass is 10.1. The molecule has 2 aromatic rings. The summed E-state index contributed by atoms with van der Waals surface area (Å²) in [5.74, 6) is -0.0176. The number of aryl methyl sites for hydroxylation is 2. The molecule has 0 aliphatic carbocycles. The van der Waals surface area contributed by atoms with Crippen LogP contribution in [0.4, 0.5) is 5.69 Å². The molecule has 0 saturated heterocycles. The van der Waals surface area contributed by atoms with Crippen molar-refractivity contribution in [2.24, 2.45) is 0 Å². The summed E-state index contributed by atoms with van der Waals surface area (Å²) in [5, 5.41) is 3.58. The second-order valence-electron chi connectivity index (χ2n) is 4.67. The Balaban J connectivity index is 2.05. The highest BCUT2D eigenvalue weighted by Crippen LogP contribution is 2.19. The zero-order chi connectivity index (χ0) is 13.8. The average molecular weight is 274 g/mol. The molecule has 0 atom stereocenters. The van der Waals surface area contributed by atoms with E-state index in [-0.39, 0.29) is 5.91 Å². The zero-order valence-electron chi connectivity index (χ0n) is 11.0. The Morgan fingerprint density at radius 1 is 1.16 bits per heavy atom. The van der Waals surface area contributed by atoms with Gasteiger partial charge in [0.15, 0.2) is 0 Å². The van der Waals surface area contributed by atoms with Gasteiger partial charge in [-0.05, 0) is 43.2 Å². The fourth-order valence-corrected chi connectivity index (χ4v) is 2.20. The minimum atomic E-state index is -0.0176. The Morgan fingerprint density at radius 3 is 2.63 bits per heavy atom. The number of benzene rings is 2. The van der Waals surface area contributed by atoms with Crippen molar-refractivity contribution in [1.82, 2.24) is 0 Å². The third kappa shape index (κ3) is 3.83. The van der Waals surface area contributed by atoms with Crippen molar-refractivity contribution >= 4 is 23.2 Å². The zero-order valence-corrected chi connectivity index (χ0v) is 11.8. The van der Waals surface area contributed by atoms with Gasteiger partial charge in [0.05, 0.1) is 6.42 Å². The van der Waals surface area contributed by atoms with Crippen LogP contribution in [0.25, 0.3) is 0 Å². The summed E-state index contributed by atoms with van der Waals surface area (Å²) in [4.78, 5) is 12.0. The normalized spacial score (nSPS) is 10.3. The van der Waals surface area contributed by atoms with Crippen LogP contribution in [-0.4, -0.2) is 5.91 Å². The average Bonchev–Trinajstić information content (AvgIpc) is 2.33. The number of anilines is 1. The summed E-state index contributed by atoms with van der Waals surface area (Å²) in [6.45, 7) is 3.94. The van der Waals surface area contributed by atoms with Gasteiger partial charge in [-0.2, -0.15) is 0 Å². The number of nitrogens with one attached hydrogen (secondary N) is 1. The van der Waals surface area contributed by atoms with E-state index in [1.165, 1.54) is 0 Å². The predicted octanol–water partition coefficient (Wildman–Crippen LogP) is 4.14. The largest absolute Gasteiger partial charge is 0.326 e. The first-order valence-corrected chi connectivity index (χ1v) is 6.54. The van der Waals surface area contributed by atoms with E-state index in [2.05, 4.69) is 5.32 Å². The molecular weight excluding hydrogens is 258 g/mol. The number of hydrogen-bond donors (Lipinski definition) is 1. The molecule has 0 bridgehead atoms. The lowest BCUT2D eigenvalue weighted by molar-refractivity contribution is -0.115. The maximum absolute atomic E-state index is 12.0. The fourth-order valence-electron chi connectivity index (χ4n) is 1.97. The maximum Gasteiger partial charge on any atom is 0.228 e. The second-order valence-corrected chi connectivity index (χ2v) is 5.11. The van der Waals surface area contributed by atoms with Crippen LogP contribution in [0, 0.1) is 13.8 Å². The number of hydrogen-bond acceptors (Lipinski definition) is 1. The summed E-state index contributed by atoms with van der Waals surface area (Å²) in [6, 6.07) is 13.4. The van der Waals surface area contributed by atoms with Gasteiger partial charge in [-0.15, -0.1) is 0 Å². The monoisotopic (exact) mass is 273 g/mol. The first-order valence-electron chi connectivity index (χ1n) is 6.16. The van der Waals surface area contributed by atoms with Crippen molar-refractivity contribution < 1.29 is 4.79 Å². The molecule has 0 heterocycles. The van der Waals surface area contributed by atoms with E-state index >= 15 is 0 Å². The number of carbonyl (C=O) groups is 1. The highest BCUT2D eigenvalue weighted by Gasteiger charge is 2.06. The Kier molecular flexibility index (Phi) is 4.23. The molecule has 3 heteroatoms.